The van der Waals surface area contributed by atoms with Crippen molar-refractivity contribution in [1.82, 2.24) is 4.57 Å². The van der Waals surface area contributed by atoms with Crippen LogP contribution in [0.3, 0.4) is 0 Å². The summed E-state index contributed by atoms with van der Waals surface area (Å²) in [6.07, 6.45) is 15.0. The molecule has 188 valence electrons. The van der Waals surface area contributed by atoms with Gasteiger partial charge in [0.25, 0.3) is 0 Å². The third-order valence-electron chi connectivity index (χ3n) is 9.81. The topological polar surface area (TPSA) is 8.17 Å². The predicted octanol–water partition coefficient (Wildman–Crippen LogP) is 9.13. The molecular weight excluding hydrogens is 460 g/mol. The molecule has 1 atom stereocenters. The molecule has 0 bridgehead atoms. The van der Waals surface area contributed by atoms with Crippen molar-refractivity contribution in [2.75, 3.05) is 4.90 Å². The summed E-state index contributed by atoms with van der Waals surface area (Å²) in [6.45, 7) is 9.66. The van der Waals surface area contributed by atoms with Gasteiger partial charge in [0.2, 0.25) is 0 Å². The summed E-state index contributed by atoms with van der Waals surface area (Å²) in [5, 5.41) is 2.69. The monoisotopic (exact) mass is 494 g/mol. The molecule has 1 aromatic heterocycles. The molecule has 0 saturated carbocycles. The van der Waals surface area contributed by atoms with Crippen molar-refractivity contribution in [3.05, 3.63) is 119 Å². The van der Waals surface area contributed by atoms with Gasteiger partial charge in [-0.1, -0.05) is 94.5 Å². The minimum absolute atomic E-state index is 0.0558. The first-order chi connectivity index (χ1) is 18.4. The minimum atomic E-state index is -0.0981. The molecule has 0 fully saturated rings. The van der Waals surface area contributed by atoms with E-state index in [4.69, 9.17) is 0 Å². The van der Waals surface area contributed by atoms with Gasteiger partial charge < -0.3 is 9.47 Å². The Labute approximate surface area is 225 Å². The minimum Gasteiger partial charge on any atom is -0.337 e. The van der Waals surface area contributed by atoms with Crippen molar-refractivity contribution < 1.29 is 0 Å². The third kappa shape index (κ3) is 2.68. The van der Waals surface area contributed by atoms with Gasteiger partial charge in [-0.2, -0.15) is 0 Å². The molecule has 2 heteroatoms. The number of hydrogen-bond donors (Lipinski definition) is 0. The summed E-state index contributed by atoms with van der Waals surface area (Å²) in [5.74, 6) is 0. The highest BCUT2D eigenvalue weighted by Crippen LogP contribution is 2.53. The summed E-state index contributed by atoms with van der Waals surface area (Å²) >= 11 is 0. The van der Waals surface area contributed by atoms with Crippen LogP contribution >= 0.6 is 0 Å². The Morgan fingerprint density at radius 3 is 2.55 bits per heavy atom. The van der Waals surface area contributed by atoms with Crippen LogP contribution in [-0.2, 0) is 5.41 Å². The number of nitrogens with zero attached hydrogens (tertiary/aromatic N) is 2. The number of fused-ring (bicyclic) bond motifs is 6. The van der Waals surface area contributed by atoms with Crippen LogP contribution in [0.4, 0.5) is 5.69 Å². The fourth-order valence-electron chi connectivity index (χ4n) is 7.93. The van der Waals surface area contributed by atoms with E-state index >= 15 is 0 Å². The molecule has 0 spiro atoms. The molecule has 0 radical (unpaired) electrons. The highest BCUT2D eigenvalue weighted by molar-refractivity contribution is 6.11. The van der Waals surface area contributed by atoms with Gasteiger partial charge in [-0.15, -0.1) is 0 Å². The van der Waals surface area contributed by atoms with E-state index in [1.165, 1.54) is 61.2 Å². The van der Waals surface area contributed by atoms with E-state index in [2.05, 4.69) is 128 Å². The molecule has 4 aliphatic rings. The second kappa shape index (κ2) is 7.41. The molecular formula is C36H34N2. The van der Waals surface area contributed by atoms with Gasteiger partial charge in [-0.3, -0.25) is 0 Å². The highest BCUT2D eigenvalue weighted by Gasteiger charge is 2.44. The van der Waals surface area contributed by atoms with Crippen LogP contribution in [0.25, 0.3) is 27.5 Å². The molecule has 38 heavy (non-hydrogen) atoms. The van der Waals surface area contributed by atoms with E-state index < -0.39 is 0 Å². The van der Waals surface area contributed by atoms with Crippen molar-refractivity contribution in [2.24, 2.45) is 5.41 Å². The molecule has 8 rings (SSSR count). The van der Waals surface area contributed by atoms with Crippen LogP contribution in [0.15, 0.2) is 108 Å². The van der Waals surface area contributed by atoms with Crippen molar-refractivity contribution in [3.8, 4) is 5.69 Å². The van der Waals surface area contributed by atoms with E-state index in [9.17, 15) is 0 Å². The lowest BCUT2D eigenvalue weighted by atomic mass is 9.66. The van der Waals surface area contributed by atoms with Crippen LogP contribution in [0.2, 0.25) is 0 Å². The summed E-state index contributed by atoms with van der Waals surface area (Å²) in [5.41, 5.74) is 12.6. The van der Waals surface area contributed by atoms with Gasteiger partial charge in [0.1, 0.15) is 0 Å². The van der Waals surface area contributed by atoms with Crippen LogP contribution in [0.5, 0.6) is 0 Å². The van der Waals surface area contributed by atoms with Crippen LogP contribution < -0.4 is 4.90 Å². The van der Waals surface area contributed by atoms with Crippen LogP contribution in [0.1, 0.15) is 58.1 Å². The fraction of sp³-hybridized carbons (Fsp3) is 0.278. The highest BCUT2D eigenvalue weighted by atomic mass is 15.2. The molecule has 3 aromatic carbocycles. The maximum absolute atomic E-state index is 2.69. The molecule has 0 amide bonds. The van der Waals surface area contributed by atoms with Crippen LogP contribution in [0, 0.1) is 5.41 Å². The summed E-state index contributed by atoms with van der Waals surface area (Å²) in [7, 11) is 0. The van der Waals surface area contributed by atoms with E-state index in [0.717, 1.165) is 19.3 Å². The lowest BCUT2D eigenvalue weighted by Gasteiger charge is -2.51. The average molecular weight is 495 g/mol. The Kier molecular flexibility index (Phi) is 4.33. The zero-order valence-electron chi connectivity index (χ0n) is 22.8. The average Bonchev–Trinajstić information content (AvgIpc) is 3.27. The normalized spacial score (nSPS) is 22.4. The Morgan fingerprint density at radius 1 is 0.816 bits per heavy atom. The van der Waals surface area contributed by atoms with Gasteiger partial charge in [-0.05, 0) is 65.8 Å². The molecule has 0 saturated heterocycles. The Bertz CT molecular complexity index is 1800. The predicted molar refractivity (Wildman–Crippen MR) is 160 cm³/mol. The van der Waals surface area contributed by atoms with E-state index in [0.29, 0.717) is 6.04 Å². The number of anilines is 1. The maximum atomic E-state index is 2.69. The van der Waals surface area contributed by atoms with Gasteiger partial charge in [0, 0.05) is 33.0 Å². The molecule has 2 aliphatic carbocycles. The number of aromatic nitrogens is 1. The SMILES string of the molecule is CC1(C)C2=CC=CCC2N(c2ccc3c(c2)C(C)(C)c2cccc4c5ccccc5n-3c24)C2=C1C=CCC2. The second-order valence-corrected chi connectivity index (χ2v) is 12.5. The number of allylic oxidation sites excluding steroid dienone is 6. The molecule has 3 heterocycles. The van der Waals surface area contributed by atoms with Gasteiger partial charge in [-0.25, -0.2) is 0 Å². The largest absolute Gasteiger partial charge is 0.337 e. The van der Waals surface area contributed by atoms with Crippen molar-refractivity contribution in [2.45, 2.75) is 58.4 Å². The first-order valence-corrected chi connectivity index (χ1v) is 14.1. The Morgan fingerprint density at radius 2 is 1.66 bits per heavy atom. The van der Waals surface area contributed by atoms with Crippen LogP contribution in [-0.4, -0.2) is 10.6 Å². The number of hydrogen-bond acceptors (Lipinski definition) is 1. The van der Waals surface area contributed by atoms with Crippen molar-refractivity contribution in [3.63, 3.8) is 0 Å². The molecule has 4 aromatic rings. The summed E-state index contributed by atoms with van der Waals surface area (Å²) in [4.78, 5) is 2.69. The summed E-state index contributed by atoms with van der Waals surface area (Å²) < 4.78 is 2.52. The lowest BCUT2D eigenvalue weighted by molar-refractivity contribution is 0.447. The molecule has 2 aliphatic heterocycles. The first-order valence-electron chi connectivity index (χ1n) is 14.1. The Balaban J connectivity index is 1.40. The lowest BCUT2D eigenvalue weighted by Crippen LogP contribution is -2.47. The van der Waals surface area contributed by atoms with Crippen molar-refractivity contribution in [1.29, 1.82) is 0 Å². The van der Waals surface area contributed by atoms with Crippen molar-refractivity contribution >= 4 is 27.5 Å². The fourth-order valence-corrected chi connectivity index (χ4v) is 7.93. The smallest absolute Gasteiger partial charge is 0.0594 e. The zero-order chi connectivity index (χ0) is 25.8. The number of rotatable bonds is 1. The summed E-state index contributed by atoms with van der Waals surface area (Å²) in [6, 6.07) is 23.4. The van der Waals surface area contributed by atoms with E-state index in [1.54, 1.807) is 0 Å². The van der Waals surface area contributed by atoms with E-state index in [1.807, 2.05) is 0 Å². The van der Waals surface area contributed by atoms with Gasteiger partial charge in [0.15, 0.2) is 0 Å². The second-order valence-electron chi connectivity index (χ2n) is 12.5. The number of para-hydroxylation sites is 2. The standard InChI is InChI=1S/C36H34N2/c1-35(2)26-14-6-9-18-31(26)37(32-19-10-7-15-27(32)35)23-20-21-33-29(22-23)36(3,4)28-16-11-13-25-24-12-5-8-17-30(24)38(33)34(25)28/h5-9,11-17,20-22,31H,10,18-19H2,1-4H3. The zero-order valence-corrected chi connectivity index (χ0v) is 22.8. The van der Waals surface area contributed by atoms with Gasteiger partial charge in [0.05, 0.1) is 22.8 Å². The molecule has 0 N–H and O–H groups in total. The first kappa shape index (κ1) is 22.2. The Hall–Kier alpha value is -3.78. The van der Waals surface area contributed by atoms with Gasteiger partial charge >= 0.3 is 0 Å². The number of benzene rings is 3. The maximum Gasteiger partial charge on any atom is 0.0594 e. The molecule has 1 unspecified atom stereocenters. The third-order valence-corrected chi connectivity index (χ3v) is 9.81. The van der Waals surface area contributed by atoms with E-state index in [-0.39, 0.29) is 10.8 Å². The quantitative estimate of drug-likeness (QED) is 0.256. The molecule has 2 nitrogen and oxygen atoms in total.